The molecule has 1 aliphatic rings. The van der Waals surface area contributed by atoms with Crippen LogP contribution in [-0.2, 0) is 23.4 Å². The second-order valence-electron chi connectivity index (χ2n) is 1.65. The predicted molar refractivity (Wildman–Crippen MR) is 34.0 cm³/mol. The van der Waals surface area contributed by atoms with Gasteiger partial charge in [0.15, 0.2) is 4.91 Å². The Morgan fingerprint density at radius 2 is 1.91 bits per heavy atom. The standard InChI is InChI=1S/C4HClO5S/c5-11(8,9)2-1-3(6)10-4(2)7/h1H. The Hall–Kier alpha value is -0.880. The molecule has 7 heteroatoms. The van der Waals surface area contributed by atoms with Gasteiger partial charge in [0.05, 0.1) is 6.08 Å². The van der Waals surface area contributed by atoms with Crippen molar-refractivity contribution in [3.63, 3.8) is 0 Å². The Balaban J connectivity index is 3.18. The molecule has 0 aliphatic carbocycles. The van der Waals surface area contributed by atoms with Crippen LogP contribution in [0.1, 0.15) is 0 Å². The summed E-state index contributed by atoms with van der Waals surface area (Å²) >= 11 is 0. The molecule has 0 aromatic carbocycles. The van der Waals surface area contributed by atoms with E-state index >= 15 is 0 Å². The highest BCUT2D eigenvalue weighted by atomic mass is 35.7. The van der Waals surface area contributed by atoms with Crippen molar-refractivity contribution in [3.8, 4) is 0 Å². The number of ether oxygens (including phenoxy) is 1. The van der Waals surface area contributed by atoms with E-state index in [0.29, 0.717) is 6.08 Å². The van der Waals surface area contributed by atoms with Crippen LogP contribution in [0.4, 0.5) is 0 Å². The Morgan fingerprint density at radius 1 is 1.36 bits per heavy atom. The van der Waals surface area contributed by atoms with E-state index in [-0.39, 0.29) is 0 Å². The first-order valence-corrected chi connectivity index (χ1v) is 4.64. The maximum Gasteiger partial charge on any atom is 0.359 e. The topological polar surface area (TPSA) is 77.5 Å². The van der Waals surface area contributed by atoms with Crippen LogP contribution in [0, 0.1) is 0 Å². The van der Waals surface area contributed by atoms with Crippen molar-refractivity contribution in [1.29, 1.82) is 0 Å². The van der Waals surface area contributed by atoms with Gasteiger partial charge < -0.3 is 4.74 Å². The van der Waals surface area contributed by atoms with Crippen molar-refractivity contribution < 1.29 is 22.7 Å². The van der Waals surface area contributed by atoms with E-state index in [9.17, 15) is 18.0 Å². The van der Waals surface area contributed by atoms with Crippen LogP contribution in [0.3, 0.4) is 0 Å². The second kappa shape index (κ2) is 2.31. The number of hydrogen-bond acceptors (Lipinski definition) is 5. The van der Waals surface area contributed by atoms with Gasteiger partial charge in [0.2, 0.25) is 0 Å². The number of carbonyl (C=O) groups is 2. The van der Waals surface area contributed by atoms with Gasteiger partial charge in [-0.25, -0.2) is 18.0 Å². The smallest absolute Gasteiger partial charge is 0.359 e. The van der Waals surface area contributed by atoms with Crippen molar-refractivity contribution in [2.75, 3.05) is 0 Å². The van der Waals surface area contributed by atoms with Crippen LogP contribution in [0.15, 0.2) is 11.0 Å². The van der Waals surface area contributed by atoms with Crippen LogP contribution < -0.4 is 0 Å². The molecule has 0 radical (unpaired) electrons. The predicted octanol–water partition coefficient (Wildman–Crippen LogP) is -0.478. The number of cyclic esters (lactones) is 2. The van der Waals surface area contributed by atoms with Gasteiger partial charge in [0, 0.05) is 10.7 Å². The maximum atomic E-state index is 10.5. The van der Waals surface area contributed by atoms with Crippen molar-refractivity contribution in [3.05, 3.63) is 11.0 Å². The molecule has 11 heavy (non-hydrogen) atoms. The fraction of sp³-hybridized carbons (Fsp3) is 0. The van der Waals surface area contributed by atoms with Crippen LogP contribution in [0.2, 0.25) is 0 Å². The average Bonchev–Trinajstić information content (AvgIpc) is 2.08. The van der Waals surface area contributed by atoms with Crippen molar-refractivity contribution in [2.45, 2.75) is 0 Å². The van der Waals surface area contributed by atoms with E-state index in [0.717, 1.165) is 0 Å². The van der Waals surface area contributed by atoms with Crippen LogP contribution in [0.25, 0.3) is 0 Å². The number of hydrogen-bond donors (Lipinski definition) is 0. The first kappa shape index (κ1) is 8.22. The zero-order chi connectivity index (χ0) is 8.65. The number of halogens is 1. The molecular weight excluding hydrogens is 196 g/mol. The molecule has 0 saturated carbocycles. The summed E-state index contributed by atoms with van der Waals surface area (Å²) in [6.45, 7) is 0. The van der Waals surface area contributed by atoms with Gasteiger partial charge in [-0.2, -0.15) is 0 Å². The van der Waals surface area contributed by atoms with Crippen LogP contribution in [0.5, 0.6) is 0 Å². The summed E-state index contributed by atoms with van der Waals surface area (Å²) in [5.74, 6) is -2.25. The Labute approximate surface area is 66.0 Å². The largest absolute Gasteiger partial charge is 0.386 e. The average molecular weight is 197 g/mol. The lowest BCUT2D eigenvalue weighted by Gasteiger charge is -1.89. The maximum absolute atomic E-state index is 10.5. The third-order valence-corrected chi connectivity index (χ3v) is 2.21. The van der Waals surface area contributed by atoms with E-state index in [1.165, 1.54) is 0 Å². The number of carbonyl (C=O) groups excluding carboxylic acids is 2. The highest BCUT2D eigenvalue weighted by molar-refractivity contribution is 8.17. The molecule has 0 unspecified atom stereocenters. The SMILES string of the molecule is O=C1C=C(S(=O)(=O)Cl)C(=O)O1. The first-order chi connectivity index (χ1) is 4.91. The third-order valence-electron chi connectivity index (χ3n) is 0.906. The van der Waals surface area contributed by atoms with Crippen molar-refractivity contribution in [1.82, 2.24) is 0 Å². The zero-order valence-electron chi connectivity index (χ0n) is 4.90. The van der Waals surface area contributed by atoms with E-state index in [2.05, 4.69) is 4.74 Å². The molecule has 0 atom stereocenters. The molecule has 1 aliphatic heterocycles. The summed E-state index contributed by atoms with van der Waals surface area (Å²) in [4.78, 5) is 19.9. The molecule has 0 fully saturated rings. The molecule has 0 saturated heterocycles. The highest BCUT2D eigenvalue weighted by Gasteiger charge is 2.32. The minimum atomic E-state index is -4.15. The molecule has 0 amide bonds. The second-order valence-corrected chi connectivity index (χ2v) is 4.19. The quantitative estimate of drug-likeness (QED) is 0.322. The monoisotopic (exact) mass is 196 g/mol. The van der Waals surface area contributed by atoms with Gasteiger partial charge in [-0.05, 0) is 0 Å². The summed E-state index contributed by atoms with van der Waals surface area (Å²) in [6.07, 6.45) is 0.532. The lowest BCUT2D eigenvalue weighted by molar-refractivity contribution is -0.150. The first-order valence-electron chi connectivity index (χ1n) is 2.34. The normalized spacial score (nSPS) is 18.1. The molecule has 1 heterocycles. The highest BCUT2D eigenvalue weighted by Crippen LogP contribution is 2.18. The lowest BCUT2D eigenvalue weighted by atomic mass is 10.6. The van der Waals surface area contributed by atoms with Gasteiger partial charge in [-0.3, -0.25) is 0 Å². The molecule has 0 spiro atoms. The van der Waals surface area contributed by atoms with E-state index in [4.69, 9.17) is 10.7 Å². The van der Waals surface area contributed by atoms with Crippen molar-refractivity contribution in [2.24, 2.45) is 0 Å². The van der Waals surface area contributed by atoms with Crippen LogP contribution in [-0.4, -0.2) is 20.4 Å². The number of rotatable bonds is 1. The molecule has 1 rings (SSSR count). The molecule has 60 valence electrons. The van der Waals surface area contributed by atoms with Gasteiger partial charge in [-0.15, -0.1) is 0 Å². The molecule has 0 bridgehead atoms. The van der Waals surface area contributed by atoms with E-state index < -0.39 is 25.9 Å². The Bertz CT molecular complexity index is 351. The van der Waals surface area contributed by atoms with E-state index in [1.807, 2.05) is 0 Å². The molecule has 0 aromatic heterocycles. The fourth-order valence-electron chi connectivity index (χ4n) is 0.507. The summed E-state index contributed by atoms with van der Waals surface area (Å²) in [5, 5.41) is 0. The summed E-state index contributed by atoms with van der Waals surface area (Å²) in [6, 6.07) is 0. The Kier molecular flexibility index (Phi) is 1.73. The minimum absolute atomic E-state index is 0.532. The molecule has 5 nitrogen and oxygen atoms in total. The third kappa shape index (κ3) is 1.58. The summed E-state index contributed by atoms with van der Waals surface area (Å²) < 4.78 is 24.7. The van der Waals surface area contributed by atoms with Gasteiger partial charge >= 0.3 is 11.9 Å². The Morgan fingerprint density at radius 3 is 2.09 bits per heavy atom. The molecule has 0 aromatic rings. The van der Waals surface area contributed by atoms with E-state index in [1.54, 1.807) is 0 Å². The molecular formula is C4HClO5S. The van der Waals surface area contributed by atoms with Crippen LogP contribution >= 0.6 is 10.7 Å². The summed E-state index contributed by atoms with van der Waals surface area (Å²) in [5.41, 5.74) is 0. The summed E-state index contributed by atoms with van der Waals surface area (Å²) in [7, 11) is 0.604. The van der Waals surface area contributed by atoms with Gasteiger partial charge in [-0.1, -0.05) is 0 Å². The minimum Gasteiger partial charge on any atom is -0.386 e. The zero-order valence-corrected chi connectivity index (χ0v) is 6.48. The fourth-order valence-corrected chi connectivity index (χ4v) is 1.31. The van der Waals surface area contributed by atoms with Gasteiger partial charge in [0.25, 0.3) is 9.05 Å². The number of esters is 2. The lowest BCUT2D eigenvalue weighted by Crippen LogP contribution is -2.06. The van der Waals surface area contributed by atoms with Gasteiger partial charge in [0.1, 0.15) is 0 Å². The van der Waals surface area contributed by atoms with Crippen molar-refractivity contribution >= 4 is 31.7 Å². The molecule has 0 N–H and O–H groups in total.